The van der Waals surface area contributed by atoms with E-state index in [1.165, 1.54) is 0 Å². The molecule has 5 heteroatoms. The normalized spacial score (nSPS) is 12.7. The maximum absolute atomic E-state index is 11.8. The fourth-order valence-corrected chi connectivity index (χ4v) is 2.01. The zero-order chi connectivity index (χ0) is 15.5. The van der Waals surface area contributed by atoms with E-state index >= 15 is 0 Å². The summed E-state index contributed by atoms with van der Waals surface area (Å²) in [6, 6.07) is 8.41. The molecule has 0 aliphatic heterocycles. The molecule has 2 aromatic rings. The summed E-state index contributed by atoms with van der Waals surface area (Å²) in [6.45, 7) is 5.30. The molecule has 21 heavy (non-hydrogen) atoms. The van der Waals surface area contributed by atoms with E-state index in [9.17, 15) is 9.59 Å². The summed E-state index contributed by atoms with van der Waals surface area (Å²) in [6.07, 6.45) is 1.68. The SMILES string of the molecule is CC(C)(C)OC(=O)NC(C=O)c1ccnc2ccccc12. The Morgan fingerprint density at radius 2 is 2.00 bits per heavy atom. The van der Waals surface area contributed by atoms with Gasteiger partial charge in [-0.15, -0.1) is 0 Å². The van der Waals surface area contributed by atoms with Gasteiger partial charge in [-0.3, -0.25) is 4.98 Å². The van der Waals surface area contributed by atoms with Gasteiger partial charge in [0.15, 0.2) is 0 Å². The van der Waals surface area contributed by atoms with Gasteiger partial charge in [0.05, 0.1) is 5.52 Å². The standard InChI is InChI=1S/C16H18N2O3/c1-16(2,3)21-15(20)18-14(10-19)12-8-9-17-13-7-5-4-6-11(12)13/h4-10,14H,1-3H3,(H,18,20). The molecular formula is C16H18N2O3. The Hall–Kier alpha value is -2.43. The highest BCUT2D eigenvalue weighted by atomic mass is 16.6. The van der Waals surface area contributed by atoms with Crippen LogP contribution in [0.25, 0.3) is 10.9 Å². The van der Waals surface area contributed by atoms with Crippen LogP contribution in [0.3, 0.4) is 0 Å². The largest absolute Gasteiger partial charge is 0.444 e. The summed E-state index contributed by atoms with van der Waals surface area (Å²) in [4.78, 5) is 27.4. The molecule has 1 unspecified atom stereocenters. The molecule has 1 heterocycles. The molecule has 0 fully saturated rings. The summed E-state index contributed by atoms with van der Waals surface area (Å²) >= 11 is 0. The molecule has 0 saturated heterocycles. The van der Waals surface area contributed by atoms with Crippen molar-refractivity contribution in [3.05, 3.63) is 42.1 Å². The Morgan fingerprint density at radius 1 is 1.29 bits per heavy atom. The van der Waals surface area contributed by atoms with Crippen molar-refractivity contribution in [3.63, 3.8) is 0 Å². The summed E-state index contributed by atoms with van der Waals surface area (Å²) in [5.41, 5.74) is 0.854. The Balaban J connectivity index is 2.28. The van der Waals surface area contributed by atoms with Gasteiger partial charge < -0.3 is 14.8 Å². The number of alkyl carbamates (subject to hydrolysis) is 1. The first-order valence-electron chi connectivity index (χ1n) is 6.69. The number of benzene rings is 1. The second kappa shape index (κ2) is 5.91. The number of hydrogen-bond donors (Lipinski definition) is 1. The first-order chi connectivity index (χ1) is 9.90. The van der Waals surface area contributed by atoms with E-state index in [1.807, 2.05) is 24.3 Å². The molecule has 0 radical (unpaired) electrons. The number of hydrogen-bond acceptors (Lipinski definition) is 4. The number of ether oxygens (including phenoxy) is 1. The van der Waals surface area contributed by atoms with E-state index in [-0.39, 0.29) is 0 Å². The van der Waals surface area contributed by atoms with Crippen molar-refractivity contribution in [1.82, 2.24) is 10.3 Å². The number of rotatable bonds is 3. The minimum atomic E-state index is -0.771. The topological polar surface area (TPSA) is 68.3 Å². The van der Waals surface area contributed by atoms with Crippen molar-refractivity contribution in [2.45, 2.75) is 32.4 Å². The lowest BCUT2D eigenvalue weighted by Crippen LogP contribution is -2.35. The molecule has 1 aromatic carbocycles. The van der Waals surface area contributed by atoms with Crippen LogP contribution in [-0.4, -0.2) is 23.0 Å². The predicted molar refractivity (Wildman–Crippen MR) is 79.9 cm³/mol. The van der Waals surface area contributed by atoms with Crippen LogP contribution in [0.2, 0.25) is 0 Å². The van der Waals surface area contributed by atoms with Crippen LogP contribution in [0.4, 0.5) is 4.79 Å². The Morgan fingerprint density at radius 3 is 2.67 bits per heavy atom. The second-order valence-corrected chi connectivity index (χ2v) is 5.68. The van der Waals surface area contributed by atoms with Gasteiger partial charge in [-0.05, 0) is 38.5 Å². The molecule has 1 amide bonds. The van der Waals surface area contributed by atoms with E-state index in [0.29, 0.717) is 11.8 Å². The summed E-state index contributed by atoms with van der Waals surface area (Å²) < 4.78 is 5.18. The molecule has 2 rings (SSSR count). The minimum absolute atomic E-state index is 0.613. The number of para-hydroxylation sites is 1. The Kier molecular flexibility index (Phi) is 4.21. The number of nitrogens with one attached hydrogen (secondary N) is 1. The number of amides is 1. The van der Waals surface area contributed by atoms with Crippen LogP contribution >= 0.6 is 0 Å². The quantitative estimate of drug-likeness (QED) is 0.881. The molecular weight excluding hydrogens is 268 g/mol. The lowest BCUT2D eigenvalue weighted by atomic mass is 10.0. The fraction of sp³-hybridized carbons (Fsp3) is 0.312. The van der Waals surface area contributed by atoms with Gasteiger partial charge in [-0.25, -0.2) is 4.79 Å². The van der Waals surface area contributed by atoms with Crippen molar-refractivity contribution < 1.29 is 14.3 Å². The third-order valence-electron chi connectivity index (χ3n) is 2.83. The average Bonchev–Trinajstić information content (AvgIpc) is 2.42. The number of pyridine rings is 1. The molecule has 0 spiro atoms. The predicted octanol–water partition coefficient (Wildman–Crippen LogP) is 3.00. The maximum Gasteiger partial charge on any atom is 0.408 e. The second-order valence-electron chi connectivity index (χ2n) is 5.68. The average molecular weight is 286 g/mol. The van der Waals surface area contributed by atoms with Gasteiger partial charge in [-0.1, -0.05) is 18.2 Å². The molecule has 1 atom stereocenters. The van der Waals surface area contributed by atoms with Crippen molar-refractivity contribution in [2.75, 3.05) is 0 Å². The monoisotopic (exact) mass is 286 g/mol. The molecule has 0 bridgehead atoms. The Labute approximate surface area is 123 Å². The van der Waals surface area contributed by atoms with Crippen LogP contribution in [0.1, 0.15) is 32.4 Å². The number of nitrogens with zero attached hydrogens (tertiary/aromatic N) is 1. The molecule has 5 nitrogen and oxygen atoms in total. The number of fused-ring (bicyclic) bond motifs is 1. The van der Waals surface area contributed by atoms with Crippen molar-refractivity contribution in [3.8, 4) is 0 Å². The molecule has 0 aliphatic rings. The van der Waals surface area contributed by atoms with Gasteiger partial charge in [0.1, 0.15) is 17.9 Å². The maximum atomic E-state index is 11.8. The summed E-state index contributed by atoms with van der Waals surface area (Å²) in [7, 11) is 0. The first-order valence-corrected chi connectivity index (χ1v) is 6.69. The van der Waals surface area contributed by atoms with Crippen LogP contribution in [0, 0.1) is 0 Å². The van der Waals surface area contributed by atoms with Crippen LogP contribution in [0.15, 0.2) is 36.5 Å². The minimum Gasteiger partial charge on any atom is -0.444 e. The van der Waals surface area contributed by atoms with Gasteiger partial charge in [0.25, 0.3) is 0 Å². The van der Waals surface area contributed by atoms with Crippen LogP contribution in [-0.2, 0) is 9.53 Å². The summed E-state index contributed by atoms with van der Waals surface area (Å²) in [5, 5.41) is 3.40. The molecule has 0 aliphatic carbocycles. The zero-order valence-electron chi connectivity index (χ0n) is 12.3. The molecule has 1 N–H and O–H groups in total. The van der Waals surface area contributed by atoms with E-state index < -0.39 is 17.7 Å². The summed E-state index contributed by atoms with van der Waals surface area (Å²) in [5.74, 6) is 0. The van der Waals surface area contributed by atoms with Gasteiger partial charge in [0, 0.05) is 11.6 Å². The van der Waals surface area contributed by atoms with Gasteiger partial charge >= 0.3 is 6.09 Å². The van der Waals surface area contributed by atoms with Crippen molar-refractivity contribution in [2.24, 2.45) is 0 Å². The molecule has 0 saturated carbocycles. The van der Waals surface area contributed by atoms with E-state index in [2.05, 4.69) is 10.3 Å². The number of aromatic nitrogens is 1. The van der Waals surface area contributed by atoms with Crippen molar-refractivity contribution >= 4 is 23.3 Å². The third-order valence-corrected chi connectivity index (χ3v) is 2.83. The number of aldehydes is 1. The third kappa shape index (κ3) is 3.78. The number of carbonyl (C=O) groups is 2. The van der Waals surface area contributed by atoms with Crippen molar-refractivity contribution in [1.29, 1.82) is 0 Å². The highest BCUT2D eigenvalue weighted by molar-refractivity contribution is 5.86. The zero-order valence-corrected chi connectivity index (χ0v) is 12.3. The van der Waals surface area contributed by atoms with Crippen LogP contribution in [0.5, 0.6) is 0 Å². The number of carbonyl (C=O) groups excluding carboxylic acids is 2. The van der Waals surface area contributed by atoms with E-state index in [0.717, 1.165) is 10.9 Å². The highest BCUT2D eigenvalue weighted by Gasteiger charge is 2.21. The lowest BCUT2D eigenvalue weighted by Gasteiger charge is -2.22. The fourth-order valence-electron chi connectivity index (χ4n) is 2.01. The van der Waals surface area contributed by atoms with Crippen LogP contribution < -0.4 is 5.32 Å². The molecule has 1 aromatic heterocycles. The van der Waals surface area contributed by atoms with E-state index in [1.54, 1.807) is 33.0 Å². The Bertz CT molecular complexity index is 657. The van der Waals surface area contributed by atoms with Gasteiger partial charge in [-0.2, -0.15) is 0 Å². The smallest absolute Gasteiger partial charge is 0.408 e. The van der Waals surface area contributed by atoms with E-state index in [4.69, 9.17) is 4.74 Å². The first kappa shape index (κ1) is 15.0. The molecule has 110 valence electrons. The highest BCUT2D eigenvalue weighted by Crippen LogP contribution is 2.22. The lowest BCUT2D eigenvalue weighted by molar-refractivity contribution is -0.109. The van der Waals surface area contributed by atoms with Gasteiger partial charge in [0.2, 0.25) is 0 Å².